The zero-order valence-electron chi connectivity index (χ0n) is 9.79. The van der Waals surface area contributed by atoms with E-state index in [0.29, 0.717) is 5.92 Å². The van der Waals surface area contributed by atoms with E-state index < -0.39 is 5.60 Å². The highest BCUT2D eigenvalue weighted by molar-refractivity contribution is 7.99. The Labute approximate surface area is 96.8 Å². The summed E-state index contributed by atoms with van der Waals surface area (Å²) in [5.74, 6) is 2.78. The third-order valence-corrected chi connectivity index (χ3v) is 5.38. The van der Waals surface area contributed by atoms with Crippen LogP contribution in [0.1, 0.15) is 39.5 Å². The highest BCUT2D eigenvalue weighted by Gasteiger charge is 2.44. The summed E-state index contributed by atoms with van der Waals surface area (Å²) in [7, 11) is 0. The van der Waals surface area contributed by atoms with Gasteiger partial charge in [-0.05, 0) is 44.3 Å². The van der Waals surface area contributed by atoms with Crippen molar-refractivity contribution in [3.63, 3.8) is 0 Å². The molecule has 3 heteroatoms. The van der Waals surface area contributed by atoms with Crippen LogP contribution in [0.4, 0.5) is 0 Å². The summed E-state index contributed by atoms with van der Waals surface area (Å²) in [5, 5.41) is 10.3. The first-order valence-corrected chi connectivity index (χ1v) is 7.17. The molecule has 2 heterocycles. The van der Waals surface area contributed by atoms with Gasteiger partial charge in [-0.15, -0.1) is 0 Å². The molecule has 0 aromatic carbocycles. The number of hydrogen-bond donors (Lipinski definition) is 1. The van der Waals surface area contributed by atoms with Gasteiger partial charge in [0.15, 0.2) is 0 Å². The van der Waals surface area contributed by atoms with Gasteiger partial charge in [-0.25, -0.2) is 0 Å². The van der Waals surface area contributed by atoms with Crippen molar-refractivity contribution < 1.29 is 9.84 Å². The van der Waals surface area contributed by atoms with Crippen molar-refractivity contribution in [1.82, 2.24) is 0 Å². The summed E-state index contributed by atoms with van der Waals surface area (Å²) in [5.41, 5.74) is -0.392. The van der Waals surface area contributed by atoms with E-state index in [0.717, 1.165) is 31.6 Å². The highest BCUT2D eigenvalue weighted by atomic mass is 32.2. The van der Waals surface area contributed by atoms with E-state index in [4.69, 9.17) is 4.74 Å². The van der Waals surface area contributed by atoms with Crippen LogP contribution in [0.15, 0.2) is 0 Å². The van der Waals surface area contributed by atoms with Gasteiger partial charge in [0.2, 0.25) is 0 Å². The molecule has 2 saturated heterocycles. The molecule has 3 unspecified atom stereocenters. The van der Waals surface area contributed by atoms with Crippen LogP contribution in [0.2, 0.25) is 0 Å². The Morgan fingerprint density at radius 2 is 2.40 bits per heavy atom. The average molecular weight is 230 g/mol. The SMILES string of the molecule is CCC(C)(O)C1CCOC2(CCSC2)C1. The van der Waals surface area contributed by atoms with E-state index in [1.54, 1.807) is 0 Å². The lowest BCUT2D eigenvalue weighted by Crippen LogP contribution is -2.47. The molecule has 2 aliphatic rings. The molecule has 1 N–H and O–H groups in total. The van der Waals surface area contributed by atoms with Gasteiger partial charge in [0.25, 0.3) is 0 Å². The van der Waals surface area contributed by atoms with Crippen LogP contribution in [-0.4, -0.2) is 34.4 Å². The van der Waals surface area contributed by atoms with E-state index in [2.05, 4.69) is 6.92 Å². The number of ether oxygens (including phenoxy) is 1. The Hall–Kier alpha value is 0.270. The van der Waals surface area contributed by atoms with E-state index >= 15 is 0 Å². The fraction of sp³-hybridized carbons (Fsp3) is 1.00. The van der Waals surface area contributed by atoms with Gasteiger partial charge in [-0.1, -0.05) is 6.92 Å². The van der Waals surface area contributed by atoms with Gasteiger partial charge in [0.05, 0.1) is 11.2 Å². The van der Waals surface area contributed by atoms with Crippen molar-refractivity contribution in [2.75, 3.05) is 18.1 Å². The largest absolute Gasteiger partial charge is 0.390 e. The first-order valence-electron chi connectivity index (χ1n) is 6.02. The maximum atomic E-state index is 10.3. The molecule has 0 aromatic rings. The third-order valence-electron chi connectivity index (χ3n) is 4.16. The predicted molar refractivity (Wildman–Crippen MR) is 64.3 cm³/mol. The maximum absolute atomic E-state index is 10.3. The topological polar surface area (TPSA) is 29.5 Å². The minimum Gasteiger partial charge on any atom is -0.390 e. The zero-order valence-corrected chi connectivity index (χ0v) is 10.6. The Kier molecular flexibility index (Phi) is 3.34. The summed E-state index contributed by atoms with van der Waals surface area (Å²) in [6.45, 7) is 4.89. The molecule has 88 valence electrons. The van der Waals surface area contributed by atoms with E-state index in [-0.39, 0.29) is 5.60 Å². The molecular formula is C12H22O2S. The van der Waals surface area contributed by atoms with Crippen molar-refractivity contribution in [2.45, 2.75) is 50.7 Å². The van der Waals surface area contributed by atoms with E-state index in [1.165, 1.54) is 12.2 Å². The normalized spacial score (nSPS) is 40.6. The second-order valence-corrected chi connectivity index (χ2v) is 6.34. The number of rotatable bonds is 2. The van der Waals surface area contributed by atoms with Crippen LogP contribution in [0.3, 0.4) is 0 Å². The second-order valence-electron chi connectivity index (χ2n) is 5.23. The molecule has 0 aromatic heterocycles. The van der Waals surface area contributed by atoms with Crippen molar-refractivity contribution in [1.29, 1.82) is 0 Å². The second kappa shape index (κ2) is 4.27. The molecule has 0 aliphatic carbocycles. The zero-order chi connectivity index (χ0) is 10.9. The summed E-state index contributed by atoms with van der Waals surface area (Å²) in [6.07, 6.45) is 4.10. The standard InChI is InChI=1S/C12H22O2S/c1-3-11(2,13)10-4-6-14-12(8-10)5-7-15-9-12/h10,13H,3-9H2,1-2H3. The van der Waals surface area contributed by atoms with Crippen LogP contribution < -0.4 is 0 Å². The van der Waals surface area contributed by atoms with Gasteiger partial charge in [-0.2, -0.15) is 11.8 Å². The molecule has 1 spiro atoms. The smallest absolute Gasteiger partial charge is 0.0784 e. The molecule has 2 fully saturated rings. The number of hydrogen-bond acceptors (Lipinski definition) is 3. The molecular weight excluding hydrogens is 208 g/mol. The third kappa shape index (κ3) is 2.34. The fourth-order valence-corrected chi connectivity index (χ4v) is 4.09. The summed E-state index contributed by atoms with van der Waals surface area (Å²) >= 11 is 1.99. The predicted octanol–water partition coefficient (Wildman–Crippen LogP) is 2.45. The summed E-state index contributed by atoms with van der Waals surface area (Å²) in [6, 6.07) is 0. The van der Waals surface area contributed by atoms with Crippen molar-refractivity contribution in [3.05, 3.63) is 0 Å². The number of aliphatic hydroxyl groups is 1. The van der Waals surface area contributed by atoms with Gasteiger partial charge < -0.3 is 9.84 Å². The fourth-order valence-electron chi connectivity index (χ4n) is 2.71. The Morgan fingerprint density at radius 1 is 1.60 bits per heavy atom. The van der Waals surface area contributed by atoms with E-state index in [1.807, 2.05) is 18.7 Å². The molecule has 15 heavy (non-hydrogen) atoms. The van der Waals surface area contributed by atoms with Crippen LogP contribution in [0.5, 0.6) is 0 Å². The molecule has 2 nitrogen and oxygen atoms in total. The number of thioether (sulfide) groups is 1. The summed E-state index contributed by atoms with van der Waals surface area (Å²) < 4.78 is 5.96. The molecule has 3 atom stereocenters. The highest BCUT2D eigenvalue weighted by Crippen LogP contribution is 2.43. The Morgan fingerprint density at radius 3 is 3.00 bits per heavy atom. The lowest BCUT2D eigenvalue weighted by molar-refractivity contribution is -0.127. The summed E-state index contributed by atoms with van der Waals surface area (Å²) in [4.78, 5) is 0. The first-order chi connectivity index (χ1) is 7.08. The first kappa shape index (κ1) is 11.7. The van der Waals surface area contributed by atoms with Crippen LogP contribution in [-0.2, 0) is 4.74 Å². The van der Waals surface area contributed by atoms with Crippen molar-refractivity contribution >= 4 is 11.8 Å². The molecule has 0 bridgehead atoms. The molecule has 0 amide bonds. The minimum absolute atomic E-state index is 0.104. The molecule has 0 radical (unpaired) electrons. The van der Waals surface area contributed by atoms with E-state index in [9.17, 15) is 5.11 Å². The van der Waals surface area contributed by atoms with Crippen LogP contribution in [0.25, 0.3) is 0 Å². The maximum Gasteiger partial charge on any atom is 0.0784 e. The van der Waals surface area contributed by atoms with Crippen LogP contribution >= 0.6 is 11.8 Å². The molecule has 0 saturated carbocycles. The van der Waals surface area contributed by atoms with Gasteiger partial charge in [0.1, 0.15) is 0 Å². The average Bonchev–Trinajstić information content (AvgIpc) is 2.66. The molecule has 2 aliphatic heterocycles. The lowest BCUT2D eigenvalue weighted by atomic mass is 9.75. The quantitative estimate of drug-likeness (QED) is 0.790. The Bertz CT molecular complexity index is 222. The van der Waals surface area contributed by atoms with Gasteiger partial charge in [0, 0.05) is 12.4 Å². The monoisotopic (exact) mass is 230 g/mol. The van der Waals surface area contributed by atoms with Gasteiger partial charge in [-0.3, -0.25) is 0 Å². The van der Waals surface area contributed by atoms with Crippen molar-refractivity contribution in [2.24, 2.45) is 5.92 Å². The van der Waals surface area contributed by atoms with Gasteiger partial charge >= 0.3 is 0 Å². The van der Waals surface area contributed by atoms with Crippen LogP contribution in [0, 0.1) is 5.92 Å². The van der Waals surface area contributed by atoms with Crippen molar-refractivity contribution in [3.8, 4) is 0 Å². The Balaban J connectivity index is 2.03. The lowest BCUT2D eigenvalue weighted by Gasteiger charge is -2.43. The minimum atomic E-state index is -0.496. The molecule has 2 rings (SSSR count).